The maximum atomic E-state index is 12.2. The number of nitrogens with zero attached hydrogens (tertiary/aromatic N) is 1. The third-order valence-corrected chi connectivity index (χ3v) is 5.66. The van der Waals surface area contributed by atoms with Gasteiger partial charge in [0.05, 0.1) is 5.75 Å². The van der Waals surface area contributed by atoms with Gasteiger partial charge in [-0.25, -0.2) is 13.2 Å². The Kier molecular flexibility index (Phi) is 5.90. The molecule has 21 heavy (non-hydrogen) atoms. The zero-order valence-corrected chi connectivity index (χ0v) is 13.8. The van der Waals surface area contributed by atoms with E-state index in [2.05, 4.69) is 5.32 Å². The largest absolute Gasteiger partial charge is 0.337 e. The Balaban J connectivity index is 1.78. The molecule has 0 bridgehead atoms. The predicted octanol–water partition coefficient (Wildman–Crippen LogP) is 2.18. The zero-order valence-electron chi connectivity index (χ0n) is 13.0. The Morgan fingerprint density at radius 2 is 1.86 bits per heavy atom. The van der Waals surface area contributed by atoms with Crippen molar-refractivity contribution in [1.29, 1.82) is 0 Å². The molecule has 1 N–H and O–H groups in total. The molecule has 6 heteroatoms. The first kappa shape index (κ1) is 16.6. The molecule has 1 aliphatic carbocycles. The monoisotopic (exact) mass is 316 g/mol. The molecular weight excluding hydrogens is 288 g/mol. The number of hydrogen-bond donors (Lipinski definition) is 1. The van der Waals surface area contributed by atoms with E-state index in [1.165, 1.54) is 38.4 Å². The molecule has 1 atom stereocenters. The lowest BCUT2D eigenvalue weighted by atomic mass is 9.84. The van der Waals surface area contributed by atoms with Gasteiger partial charge < -0.3 is 10.2 Å². The van der Waals surface area contributed by atoms with Gasteiger partial charge in [0.2, 0.25) is 0 Å². The average Bonchev–Trinajstić information content (AvgIpc) is 2.86. The predicted molar refractivity (Wildman–Crippen MR) is 84.0 cm³/mol. The van der Waals surface area contributed by atoms with E-state index in [4.69, 9.17) is 0 Å². The summed E-state index contributed by atoms with van der Waals surface area (Å²) in [6, 6.07) is 0.267. The van der Waals surface area contributed by atoms with Crippen molar-refractivity contribution in [2.45, 2.75) is 57.4 Å². The SMILES string of the molecule is CS(=O)(=O)CCNC(=O)N1CCCC1CC1CCCCC1. The summed E-state index contributed by atoms with van der Waals surface area (Å²) in [6.45, 7) is 1.02. The maximum absolute atomic E-state index is 12.2. The van der Waals surface area contributed by atoms with Gasteiger partial charge in [-0.2, -0.15) is 0 Å². The second kappa shape index (κ2) is 7.47. The fourth-order valence-electron chi connectivity index (χ4n) is 3.60. The van der Waals surface area contributed by atoms with Gasteiger partial charge in [-0.1, -0.05) is 32.1 Å². The minimum atomic E-state index is -3.01. The highest BCUT2D eigenvalue weighted by molar-refractivity contribution is 7.90. The lowest BCUT2D eigenvalue weighted by molar-refractivity contribution is 0.178. The number of sulfone groups is 1. The molecule has 2 fully saturated rings. The number of urea groups is 1. The molecule has 0 spiro atoms. The van der Waals surface area contributed by atoms with Gasteiger partial charge >= 0.3 is 6.03 Å². The Bertz CT molecular complexity index is 444. The molecule has 0 aromatic rings. The van der Waals surface area contributed by atoms with Crippen LogP contribution in [0.5, 0.6) is 0 Å². The first-order chi connectivity index (χ1) is 9.96. The molecule has 2 amide bonds. The summed E-state index contributed by atoms with van der Waals surface area (Å²) >= 11 is 0. The van der Waals surface area contributed by atoms with Crippen LogP contribution in [-0.2, 0) is 9.84 Å². The van der Waals surface area contributed by atoms with Crippen LogP contribution in [0.2, 0.25) is 0 Å². The minimum absolute atomic E-state index is 0.0138. The Morgan fingerprint density at radius 3 is 2.52 bits per heavy atom. The van der Waals surface area contributed by atoms with Crippen LogP contribution >= 0.6 is 0 Å². The second-order valence-corrected chi connectivity index (χ2v) is 8.85. The number of amides is 2. The summed E-state index contributed by atoms with van der Waals surface area (Å²) in [5, 5.41) is 2.76. The summed E-state index contributed by atoms with van der Waals surface area (Å²) < 4.78 is 22.2. The van der Waals surface area contributed by atoms with Gasteiger partial charge in [0.1, 0.15) is 9.84 Å². The number of carbonyl (C=O) groups excluding carboxylic acids is 1. The Hall–Kier alpha value is -0.780. The molecule has 2 aliphatic rings. The molecule has 0 aromatic heterocycles. The van der Waals surface area contributed by atoms with E-state index in [9.17, 15) is 13.2 Å². The maximum Gasteiger partial charge on any atom is 0.317 e. The first-order valence-corrected chi connectivity index (χ1v) is 10.2. The molecule has 0 aromatic carbocycles. The average molecular weight is 316 g/mol. The standard InChI is InChI=1S/C15H28N2O3S/c1-21(19,20)11-9-16-15(18)17-10-5-8-14(17)12-13-6-3-2-4-7-13/h13-14H,2-12H2,1H3,(H,16,18). The van der Waals surface area contributed by atoms with E-state index in [0.29, 0.717) is 6.04 Å². The summed E-state index contributed by atoms with van der Waals surface area (Å²) in [4.78, 5) is 14.1. The number of rotatable bonds is 5. The van der Waals surface area contributed by atoms with Crippen LogP contribution in [-0.4, -0.2) is 50.5 Å². The fraction of sp³-hybridized carbons (Fsp3) is 0.933. The molecule has 1 aliphatic heterocycles. The molecular formula is C15H28N2O3S. The minimum Gasteiger partial charge on any atom is -0.337 e. The third kappa shape index (κ3) is 5.49. The van der Waals surface area contributed by atoms with Gasteiger partial charge in [-0.05, 0) is 25.2 Å². The van der Waals surface area contributed by atoms with E-state index < -0.39 is 9.84 Å². The Labute approximate surface area is 128 Å². The van der Waals surface area contributed by atoms with Crippen LogP contribution in [0.3, 0.4) is 0 Å². The van der Waals surface area contributed by atoms with Crippen LogP contribution in [0.25, 0.3) is 0 Å². The molecule has 0 radical (unpaired) electrons. The van der Waals surface area contributed by atoms with Crippen LogP contribution in [0.4, 0.5) is 4.79 Å². The van der Waals surface area contributed by atoms with Crippen molar-refractivity contribution < 1.29 is 13.2 Å². The molecule has 5 nitrogen and oxygen atoms in total. The van der Waals surface area contributed by atoms with Gasteiger partial charge in [0.25, 0.3) is 0 Å². The molecule has 2 rings (SSSR count). The van der Waals surface area contributed by atoms with Crippen molar-refractivity contribution in [3.05, 3.63) is 0 Å². The number of carbonyl (C=O) groups is 1. The van der Waals surface area contributed by atoms with Crippen molar-refractivity contribution in [2.24, 2.45) is 5.92 Å². The highest BCUT2D eigenvalue weighted by Crippen LogP contribution is 2.31. The molecule has 1 saturated heterocycles. The van der Waals surface area contributed by atoms with Gasteiger partial charge in [0, 0.05) is 25.4 Å². The normalized spacial score (nSPS) is 24.2. The highest BCUT2D eigenvalue weighted by Gasteiger charge is 2.30. The fourth-order valence-corrected chi connectivity index (χ4v) is 4.07. The van der Waals surface area contributed by atoms with E-state index >= 15 is 0 Å². The van der Waals surface area contributed by atoms with Gasteiger partial charge in [-0.3, -0.25) is 0 Å². The van der Waals surface area contributed by atoms with Crippen molar-refractivity contribution >= 4 is 15.9 Å². The zero-order chi connectivity index (χ0) is 15.3. The van der Waals surface area contributed by atoms with Crippen molar-refractivity contribution in [2.75, 3.05) is 25.1 Å². The van der Waals surface area contributed by atoms with Crippen LogP contribution < -0.4 is 5.32 Å². The Morgan fingerprint density at radius 1 is 1.14 bits per heavy atom. The van der Waals surface area contributed by atoms with Crippen molar-refractivity contribution in [3.63, 3.8) is 0 Å². The van der Waals surface area contributed by atoms with E-state index in [1.54, 1.807) is 0 Å². The lowest BCUT2D eigenvalue weighted by Gasteiger charge is -2.30. The smallest absolute Gasteiger partial charge is 0.317 e. The van der Waals surface area contributed by atoms with Crippen LogP contribution in [0.1, 0.15) is 51.4 Å². The summed E-state index contributed by atoms with van der Waals surface area (Å²) in [6.07, 6.45) is 11.1. The summed E-state index contributed by atoms with van der Waals surface area (Å²) in [7, 11) is -3.01. The third-order valence-electron chi connectivity index (χ3n) is 4.72. The molecule has 1 unspecified atom stereocenters. The lowest BCUT2D eigenvalue weighted by Crippen LogP contribution is -2.44. The van der Waals surface area contributed by atoms with Gasteiger partial charge in [-0.15, -0.1) is 0 Å². The van der Waals surface area contributed by atoms with Crippen LogP contribution in [0, 0.1) is 5.92 Å². The van der Waals surface area contributed by atoms with Crippen molar-refractivity contribution in [1.82, 2.24) is 10.2 Å². The van der Waals surface area contributed by atoms with Crippen LogP contribution in [0.15, 0.2) is 0 Å². The first-order valence-electron chi connectivity index (χ1n) is 8.18. The number of likely N-dealkylation sites (tertiary alicyclic amines) is 1. The van der Waals surface area contributed by atoms with Gasteiger partial charge in [0.15, 0.2) is 0 Å². The summed E-state index contributed by atoms with van der Waals surface area (Å²) in [5.74, 6) is 0.785. The molecule has 122 valence electrons. The van der Waals surface area contributed by atoms with E-state index in [0.717, 1.165) is 31.7 Å². The number of nitrogens with one attached hydrogen (secondary N) is 1. The topological polar surface area (TPSA) is 66.5 Å². The summed E-state index contributed by atoms with van der Waals surface area (Å²) in [5.41, 5.74) is 0. The van der Waals surface area contributed by atoms with Crippen molar-refractivity contribution in [3.8, 4) is 0 Å². The quantitative estimate of drug-likeness (QED) is 0.845. The molecule has 1 saturated carbocycles. The van der Waals surface area contributed by atoms with E-state index in [1.807, 2.05) is 4.90 Å². The highest BCUT2D eigenvalue weighted by atomic mass is 32.2. The number of hydrogen-bond acceptors (Lipinski definition) is 3. The second-order valence-electron chi connectivity index (χ2n) is 6.59. The molecule has 1 heterocycles. The van der Waals surface area contributed by atoms with E-state index in [-0.39, 0.29) is 18.3 Å².